The molecule has 0 amide bonds. The lowest BCUT2D eigenvalue weighted by Crippen LogP contribution is -2.50. The molecule has 0 fully saturated rings. The second kappa shape index (κ2) is 3.31. The molecule has 1 atom stereocenters. The third kappa shape index (κ3) is 1.51. The second-order valence-corrected chi connectivity index (χ2v) is 4.57. The summed E-state index contributed by atoms with van der Waals surface area (Å²) in [7, 11) is 0. The Morgan fingerprint density at radius 3 is 3.07 bits per heavy atom. The zero-order valence-electron chi connectivity index (χ0n) is 8.97. The molecule has 1 aromatic rings. The molecule has 1 aliphatic rings. The highest BCUT2D eigenvalue weighted by Crippen LogP contribution is 2.38. The number of aromatic nitrogens is 1. The molecule has 1 aromatic heterocycles. The average Bonchev–Trinajstić information content (AvgIpc) is 2.24. The van der Waals surface area contributed by atoms with E-state index in [1.807, 2.05) is 12.1 Å². The SMILES string of the molecule is CC1(C)CC(C=O)N(N)c2ncccc21. The number of carbonyl (C=O) groups excluding carboxylic acids is 1. The molecule has 2 heterocycles. The van der Waals surface area contributed by atoms with Gasteiger partial charge in [-0.25, -0.2) is 10.8 Å². The molecular weight excluding hydrogens is 190 g/mol. The molecule has 0 saturated carbocycles. The molecule has 80 valence electrons. The Labute approximate surface area is 89.1 Å². The van der Waals surface area contributed by atoms with Crippen LogP contribution in [0.3, 0.4) is 0 Å². The maximum atomic E-state index is 10.9. The van der Waals surface area contributed by atoms with E-state index in [0.29, 0.717) is 5.82 Å². The van der Waals surface area contributed by atoms with Gasteiger partial charge in [-0.1, -0.05) is 19.9 Å². The van der Waals surface area contributed by atoms with Gasteiger partial charge in [-0.15, -0.1) is 0 Å². The number of hydrazine groups is 1. The molecule has 15 heavy (non-hydrogen) atoms. The first-order valence-corrected chi connectivity index (χ1v) is 5.01. The number of nitrogens with two attached hydrogens (primary N) is 1. The van der Waals surface area contributed by atoms with Crippen LogP contribution in [0.4, 0.5) is 5.82 Å². The summed E-state index contributed by atoms with van der Waals surface area (Å²) in [6, 6.07) is 3.64. The molecule has 0 aliphatic carbocycles. The maximum Gasteiger partial charge on any atom is 0.146 e. The minimum Gasteiger partial charge on any atom is -0.301 e. The Balaban J connectivity index is 2.54. The number of fused-ring (bicyclic) bond motifs is 1. The summed E-state index contributed by atoms with van der Waals surface area (Å²) >= 11 is 0. The first-order valence-electron chi connectivity index (χ1n) is 5.01. The van der Waals surface area contributed by atoms with Gasteiger partial charge in [-0.3, -0.25) is 5.01 Å². The fourth-order valence-corrected chi connectivity index (χ4v) is 2.13. The van der Waals surface area contributed by atoms with E-state index >= 15 is 0 Å². The van der Waals surface area contributed by atoms with Gasteiger partial charge in [0.1, 0.15) is 18.1 Å². The van der Waals surface area contributed by atoms with E-state index in [0.717, 1.165) is 18.3 Å². The summed E-state index contributed by atoms with van der Waals surface area (Å²) in [6.07, 6.45) is 3.31. The fourth-order valence-electron chi connectivity index (χ4n) is 2.13. The zero-order valence-corrected chi connectivity index (χ0v) is 8.97. The molecule has 2 rings (SSSR count). The first-order chi connectivity index (χ1) is 7.06. The van der Waals surface area contributed by atoms with Crippen molar-refractivity contribution in [2.45, 2.75) is 31.7 Å². The van der Waals surface area contributed by atoms with Gasteiger partial charge in [0, 0.05) is 11.8 Å². The molecule has 0 aromatic carbocycles. The van der Waals surface area contributed by atoms with Crippen molar-refractivity contribution in [3.05, 3.63) is 23.9 Å². The molecule has 0 bridgehead atoms. The highest BCUT2D eigenvalue weighted by atomic mass is 16.1. The predicted octanol–water partition coefficient (Wildman–Crippen LogP) is 1.01. The summed E-state index contributed by atoms with van der Waals surface area (Å²) in [4.78, 5) is 15.2. The van der Waals surface area contributed by atoms with Crippen LogP contribution in [-0.2, 0) is 10.2 Å². The van der Waals surface area contributed by atoms with Crippen LogP contribution in [0.5, 0.6) is 0 Å². The number of anilines is 1. The van der Waals surface area contributed by atoms with Crippen molar-refractivity contribution >= 4 is 12.1 Å². The second-order valence-electron chi connectivity index (χ2n) is 4.57. The molecule has 0 radical (unpaired) electrons. The molecule has 4 heteroatoms. The Hall–Kier alpha value is -1.42. The van der Waals surface area contributed by atoms with Gasteiger partial charge in [0.2, 0.25) is 0 Å². The minimum absolute atomic E-state index is 0.0506. The molecule has 1 aliphatic heterocycles. The zero-order chi connectivity index (χ0) is 11.1. The standard InChI is InChI=1S/C11H15N3O/c1-11(2)6-8(7-15)14(12)10-9(11)4-3-5-13-10/h3-5,7-8H,6,12H2,1-2H3. The topological polar surface area (TPSA) is 59.2 Å². The van der Waals surface area contributed by atoms with Crippen molar-refractivity contribution in [2.24, 2.45) is 5.84 Å². The number of hydrogen-bond donors (Lipinski definition) is 1. The number of hydrogen-bond acceptors (Lipinski definition) is 4. The van der Waals surface area contributed by atoms with E-state index in [4.69, 9.17) is 5.84 Å². The summed E-state index contributed by atoms with van der Waals surface area (Å²) in [5, 5.41) is 1.47. The van der Waals surface area contributed by atoms with Crippen molar-refractivity contribution in [1.82, 2.24) is 4.98 Å². The van der Waals surface area contributed by atoms with Crippen molar-refractivity contribution in [1.29, 1.82) is 0 Å². The number of pyridine rings is 1. The lowest BCUT2D eigenvalue weighted by atomic mass is 9.76. The van der Waals surface area contributed by atoms with Gasteiger partial charge >= 0.3 is 0 Å². The van der Waals surface area contributed by atoms with Crippen LogP contribution in [0.2, 0.25) is 0 Å². The summed E-state index contributed by atoms with van der Waals surface area (Å²) in [5.41, 5.74) is 1.05. The Bertz CT molecular complexity index is 389. The van der Waals surface area contributed by atoms with E-state index in [1.54, 1.807) is 6.20 Å². The quantitative estimate of drug-likeness (QED) is 0.549. The minimum atomic E-state index is -0.276. The summed E-state index contributed by atoms with van der Waals surface area (Å²) in [5.74, 6) is 6.58. The van der Waals surface area contributed by atoms with Crippen molar-refractivity contribution in [2.75, 3.05) is 5.01 Å². The van der Waals surface area contributed by atoms with Gasteiger partial charge in [-0.05, 0) is 17.9 Å². The van der Waals surface area contributed by atoms with E-state index in [1.165, 1.54) is 5.01 Å². The predicted molar refractivity (Wildman–Crippen MR) is 58.4 cm³/mol. The van der Waals surface area contributed by atoms with Gasteiger partial charge in [0.25, 0.3) is 0 Å². The fraction of sp³-hybridized carbons (Fsp3) is 0.455. The van der Waals surface area contributed by atoms with Crippen LogP contribution in [0.15, 0.2) is 18.3 Å². The summed E-state index contributed by atoms with van der Waals surface area (Å²) < 4.78 is 0. The maximum absolute atomic E-state index is 10.9. The Morgan fingerprint density at radius 2 is 2.40 bits per heavy atom. The molecule has 2 N–H and O–H groups in total. The van der Waals surface area contributed by atoms with Gasteiger partial charge < -0.3 is 4.79 Å². The third-order valence-electron chi connectivity index (χ3n) is 2.99. The lowest BCUT2D eigenvalue weighted by molar-refractivity contribution is -0.109. The van der Waals surface area contributed by atoms with E-state index < -0.39 is 0 Å². The van der Waals surface area contributed by atoms with Crippen LogP contribution in [0, 0.1) is 0 Å². The van der Waals surface area contributed by atoms with Crippen LogP contribution in [0.1, 0.15) is 25.8 Å². The number of aldehydes is 1. The smallest absolute Gasteiger partial charge is 0.146 e. The van der Waals surface area contributed by atoms with Gasteiger partial charge in [-0.2, -0.15) is 0 Å². The van der Waals surface area contributed by atoms with E-state index in [-0.39, 0.29) is 11.5 Å². The Kier molecular flexibility index (Phi) is 2.23. The molecule has 0 saturated heterocycles. The molecule has 0 spiro atoms. The normalized spacial score (nSPS) is 23.4. The van der Waals surface area contributed by atoms with Crippen LogP contribution >= 0.6 is 0 Å². The number of carbonyl (C=O) groups is 1. The molecule has 4 nitrogen and oxygen atoms in total. The number of nitrogens with zero attached hydrogens (tertiary/aromatic N) is 2. The highest BCUT2D eigenvalue weighted by molar-refractivity contribution is 5.68. The van der Waals surface area contributed by atoms with Crippen molar-refractivity contribution in [3.8, 4) is 0 Å². The van der Waals surface area contributed by atoms with Crippen LogP contribution in [0.25, 0.3) is 0 Å². The van der Waals surface area contributed by atoms with Gasteiger partial charge in [0.15, 0.2) is 0 Å². The molecule has 1 unspecified atom stereocenters. The Morgan fingerprint density at radius 1 is 1.67 bits per heavy atom. The van der Waals surface area contributed by atoms with Gasteiger partial charge in [0.05, 0.1) is 0 Å². The van der Waals surface area contributed by atoms with Crippen molar-refractivity contribution < 1.29 is 4.79 Å². The molecular formula is C11H15N3O. The monoisotopic (exact) mass is 205 g/mol. The lowest BCUT2D eigenvalue weighted by Gasteiger charge is -2.40. The van der Waals surface area contributed by atoms with Crippen LogP contribution < -0.4 is 10.9 Å². The third-order valence-corrected chi connectivity index (χ3v) is 2.99. The first kappa shape index (κ1) is 10.1. The van der Waals surface area contributed by atoms with E-state index in [2.05, 4.69) is 18.8 Å². The summed E-state index contributed by atoms with van der Waals surface area (Å²) in [6.45, 7) is 4.22. The number of rotatable bonds is 1. The average molecular weight is 205 g/mol. The van der Waals surface area contributed by atoms with E-state index in [9.17, 15) is 4.79 Å². The highest BCUT2D eigenvalue weighted by Gasteiger charge is 2.36. The largest absolute Gasteiger partial charge is 0.301 e. The van der Waals surface area contributed by atoms with Crippen LogP contribution in [-0.4, -0.2) is 17.3 Å². The van der Waals surface area contributed by atoms with Crippen molar-refractivity contribution in [3.63, 3.8) is 0 Å².